The molecular formula is C7H10O2. The molecule has 1 unspecified atom stereocenters. The topological polar surface area (TPSA) is 37.3 Å². The van der Waals surface area contributed by atoms with Gasteiger partial charge in [-0.2, -0.15) is 0 Å². The molecule has 50 valence electrons. The maximum Gasteiger partial charge on any atom is 0.158 e. The minimum atomic E-state index is -0.324. The van der Waals surface area contributed by atoms with Gasteiger partial charge in [-0.1, -0.05) is 6.58 Å². The van der Waals surface area contributed by atoms with E-state index in [4.69, 9.17) is 5.11 Å². The third-order valence-electron chi connectivity index (χ3n) is 1.58. The molecule has 0 bridgehead atoms. The van der Waals surface area contributed by atoms with E-state index in [1.807, 2.05) is 0 Å². The first-order valence-corrected chi connectivity index (χ1v) is 3.09. The van der Waals surface area contributed by atoms with Crippen molar-refractivity contribution in [2.45, 2.75) is 25.4 Å². The van der Waals surface area contributed by atoms with E-state index in [-0.39, 0.29) is 11.9 Å². The van der Waals surface area contributed by atoms with E-state index in [1.165, 1.54) is 0 Å². The Kier molecular flexibility index (Phi) is 1.67. The second-order valence-corrected chi connectivity index (χ2v) is 2.42. The van der Waals surface area contributed by atoms with Crippen molar-refractivity contribution in [2.24, 2.45) is 0 Å². The smallest absolute Gasteiger partial charge is 0.158 e. The van der Waals surface area contributed by atoms with E-state index in [2.05, 4.69) is 6.58 Å². The summed E-state index contributed by atoms with van der Waals surface area (Å²) in [6.45, 7) is 3.54. The number of Topliss-reactive ketones (excluding diaryl/α,β-unsaturated/α-hetero) is 1. The molecule has 1 fully saturated rings. The summed E-state index contributed by atoms with van der Waals surface area (Å²) in [4.78, 5) is 10.7. The highest BCUT2D eigenvalue weighted by molar-refractivity contribution is 5.95. The number of carbonyl (C=O) groups is 1. The van der Waals surface area contributed by atoms with Crippen molar-refractivity contribution >= 4 is 5.78 Å². The number of hydrogen-bond donors (Lipinski definition) is 1. The molecule has 0 amide bonds. The monoisotopic (exact) mass is 126 g/mol. The molecular weight excluding hydrogens is 116 g/mol. The summed E-state index contributed by atoms with van der Waals surface area (Å²) in [6, 6.07) is 0. The Bertz CT molecular complexity index is 149. The lowest BCUT2D eigenvalue weighted by molar-refractivity contribution is -0.117. The summed E-state index contributed by atoms with van der Waals surface area (Å²) in [5, 5.41) is 8.98. The van der Waals surface area contributed by atoms with Crippen LogP contribution in [0, 0.1) is 0 Å². The third kappa shape index (κ3) is 1.39. The molecule has 2 nitrogen and oxygen atoms in total. The highest BCUT2D eigenvalue weighted by Gasteiger charge is 2.19. The van der Waals surface area contributed by atoms with Crippen LogP contribution in [-0.4, -0.2) is 17.0 Å². The number of hydrogen-bond acceptors (Lipinski definition) is 2. The van der Waals surface area contributed by atoms with Crippen molar-refractivity contribution in [2.75, 3.05) is 0 Å². The van der Waals surface area contributed by atoms with Crippen molar-refractivity contribution in [3.05, 3.63) is 12.2 Å². The molecule has 0 aromatic carbocycles. The number of aliphatic hydroxyl groups excluding tert-OH is 1. The van der Waals surface area contributed by atoms with Gasteiger partial charge in [0.2, 0.25) is 0 Å². The molecule has 1 atom stereocenters. The fourth-order valence-corrected chi connectivity index (χ4v) is 0.975. The van der Waals surface area contributed by atoms with E-state index >= 15 is 0 Å². The fraction of sp³-hybridized carbons (Fsp3) is 0.571. The van der Waals surface area contributed by atoms with Crippen LogP contribution in [0.15, 0.2) is 12.2 Å². The largest absolute Gasteiger partial charge is 0.393 e. The lowest BCUT2D eigenvalue weighted by atomic mass is 9.93. The first-order chi connectivity index (χ1) is 4.20. The summed E-state index contributed by atoms with van der Waals surface area (Å²) < 4.78 is 0. The van der Waals surface area contributed by atoms with E-state index in [9.17, 15) is 4.79 Å². The van der Waals surface area contributed by atoms with Crippen LogP contribution in [0.4, 0.5) is 0 Å². The first-order valence-electron chi connectivity index (χ1n) is 3.09. The van der Waals surface area contributed by atoms with E-state index in [0.29, 0.717) is 24.8 Å². The van der Waals surface area contributed by atoms with Crippen LogP contribution >= 0.6 is 0 Å². The zero-order chi connectivity index (χ0) is 6.85. The number of ketones is 1. The molecule has 1 aliphatic rings. The maximum absolute atomic E-state index is 10.7. The molecule has 0 spiro atoms. The van der Waals surface area contributed by atoms with Gasteiger partial charge in [0, 0.05) is 12.8 Å². The number of carbonyl (C=O) groups excluding carboxylic acids is 1. The minimum Gasteiger partial charge on any atom is -0.393 e. The van der Waals surface area contributed by atoms with Gasteiger partial charge >= 0.3 is 0 Å². The summed E-state index contributed by atoms with van der Waals surface area (Å²) in [7, 11) is 0. The average Bonchev–Trinajstić information content (AvgIpc) is 1.80. The Labute approximate surface area is 54.2 Å². The molecule has 1 N–H and O–H groups in total. The van der Waals surface area contributed by atoms with Gasteiger partial charge in [-0.25, -0.2) is 0 Å². The van der Waals surface area contributed by atoms with Gasteiger partial charge in [0.25, 0.3) is 0 Å². The fourth-order valence-electron chi connectivity index (χ4n) is 0.975. The highest BCUT2D eigenvalue weighted by Crippen LogP contribution is 2.18. The molecule has 0 aromatic rings. The predicted molar refractivity (Wildman–Crippen MR) is 34.0 cm³/mol. The average molecular weight is 126 g/mol. The molecule has 1 aliphatic carbocycles. The molecule has 0 saturated heterocycles. The van der Waals surface area contributed by atoms with Gasteiger partial charge in [0.15, 0.2) is 5.78 Å². The molecule has 0 heterocycles. The zero-order valence-corrected chi connectivity index (χ0v) is 5.26. The second-order valence-electron chi connectivity index (χ2n) is 2.42. The quantitative estimate of drug-likeness (QED) is 0.484. The number of rotatable bonds is 0. The highest BCUT2D eigenvalue weighted by atomic mass is 16.3. The van der Waals surface area contributed by atoms with Crippen molar-refractivity contribution in [1.82, 2.24) is 0 Å². The minimum absolute atomic E-state index is 0.111. The summed E-state index contributed by atoms with van der Waals surface area (Å²) in [5.41, 5.74) is 0.578. The SMILES string of the molecule is C=C1CC(O)CCC1=O. The summed E-state index contributed by atoms with van der Waals surface area (Å²) in [5.74, 6) is 0.111. The Morgan fingerprint density at radius 1 is 1.67 bits per heavy atom. The zero-order valence-electron chi connectivity index (χ0n) is 5.26. The van der Waals surface area contributed by atoms with Crippen LogP contribution in [0.3, 0.4) is 0 Å². The van der Waals surface area contributed by atoms with E-state index in [0.717, 1.165) is 0 Å². The molecule has 0 radical (unpaired) electrons. The van der Waals surface area contributed by atoms with E-state index < -0.39 is 0 Å². The van der Waals surface area contributed by atoms with Crippen LogP contribution < -0.4 is 0 Å². The van der Waals surface area contributed by atoms with Gasteiger partial charge < -0.3 is 5.11 Å². The van der Waals surface area contributed by atoms with Crippen LogP contribution in [0.2, 0.25) is 0 Å². The Morgan fingerprint density at radius 3 is 2.78 bits per heavy atom. The van der Waals surface area contributed by atoms with Crippen LogP contribution in [0.25, 0.3) is 0 Å². The molecule has 1 saturated carbocycles. The van der Waals surface area contributed by atoms with Crippen LogP contribution in [-0.2, 0) is 4.79 Å². The van der Waals surface area contributed by atoms with Gasteiger partial charge in [0.1, 0.15) is 0 Å². The van der Waals surface area contributed by atoms with Gasteiger partial charge in [-0.3, -0.25) is 4.79 Å². The predicted octanol–water partition coefficient (Wildman–Crippen LogP) is 0.656. The van der Waals surface area contributed by atoms with E-state index in [1.54, 1.807) is 0 Å². The maximum atomic E-state index is 10.7. The normalized spacial score (nSPS) is 28.8. The molecule has 2 heteroatoms. The Morgan fingerprint density at radius 2 is 2.33 bits per heavy atom. The van der Waals surface area contributed by atoms with Gasteiger partial charge in [0.05, 0.1) is 6.10 Å². The third-order valence-corrected chi connectivity index (χ3v) is 1.58. The Balaban J connectivity index is 2.54. The molecule has 0 aliphatic heterocycles. The van der Waals surface area contributed by atoms with Crippen molar-refractivity contribution < 1.29 is 9.90 Å². The Hall–Kier alpha value is -0.630. The van der Waals surface area contributed by atoms with Crippen LogP contribution in [0.5, 0.6) is 0 Å². The summed E-state index contributed by atoms with van der Waals surface area (Å²) in [6.07, 6.45) is 1.23. The first kappa shape index (κ1) is 6.49. The number of aliphatic hydroxyl groups is 1. The molecule has 0 aromatic heterocycles. The molecule has 9 heavy (non-hydrogen) atoms. The van der Waals surface area contributed by atoms with Crippen molar-refractivity contribution in [1.29, 1.82) is 0 Å². The lowest BCUT2D eigenvalue weighted by Gasteiger charge is -2.16. The second kappa shape index (κ2) is 2.31. The van der Waals surface area contributed by atoms with Gasteiger partial charge in [-0.05, 0) is 12.0 Å². The standard InChI is InChI=1S/C7H10O2/c1-5-4-6(8)2-3-7(5)9/h6,8H,1-4H2. The van der Waals surface area contributed by atoms with Gasteiger partial charge in [-0.15, -0.1) is 0 Å². The van der Waals surface area contributed by atoms with Crippen LogP contribution in [0.1, 0.15) is 19.3 Å². The van der Waals surface area contributed by atoms with Crippen molar-refractivity contribution in [3.63, 3.8) is 0 Å². The lowest BCUT2D eigenvalue weighted by Crippen LogP contribution is -2.19. The van der Waals surface area contributed by atoms with Crippen molar-refractivity contribution in [3.8, 4) is 0 Å². The molecule has 1 rings (SSSR count). The summed E-state index contributed by atoms with van der Waals surface area (Å²) >= 11 is 0.